The number of carbonyl (C=O) groups is 1. The van der Waals surface area contributed by atoms with Gasteiger partial charge in [0.15, 0.2) is 0 Å². The second kappa shape index (κ2) is 8.09. The van der Waals surface area contributed by atoms with Gasteiger partial charge in [0.2, 0.25) is 5.91 Å². The molecule has 3 aromatic rings. The van der Waals surface area contributed by atoms with Crippen molar-refractivity contribution in [3.05, 3.63) is 90.1 Å². The summed E-state index contributed by atoms with van der Waals surface area (Å²) in [6.45, 7) is 4.65. The molecule has 0 aliphatic rings. The molecule has 1 aromatic heterocycles. The van der Waals surface area contributed by atoms with Crippen molar-refractivity contribution in [2.75, 3.05) is 6.54 Å². The number of hydrogen-bond donors (Lipinski definition) is 0. The molecule has 2 aromatic carbocycles. The zero-order valence-corrected chi connectivity index (χ0v) is 14.4. The number of nitrogens with zero attached hydrogens (tertiary/aromatic N) is 3. The zero-order chi connectivity index (χ0) is 18.4. The van der Waals surface area contributed by atoms with E-state index in [2.05, 4.69) is 17.6 Å². The number of para-hydroxylation sites is 1. The van der Waals surface area contributed by atoms with Crippen LogP contribution in [0.4, 0.5) is 0 Å². The van der Waals surface area contributed by atoms with Crippen molar-refractivity contribution in [3.63, 3.8) is 0 Å². The molecule has 0 unspecified atom stereocenters. The van der Waals surface area contributed by atoms with E-state index in [1.54, 1.807) is 23.2 Å². The third kappa shape index (κ3) is 3.96. The predicted molar refractivity (Wildman–Crippen MR) is 102 cm³/mol. The Kier molecular flexibility index (Phi) is 5.40. The highest BCUT2D eigenvalue weighted by atomic mass is 16.2. The summed E-state index contributed by atoms with van der Waals surface area (Å²) >= 11 is 0. The Morgan fingerprint density at radius 1 is 1.19 bits per heavy atom. The van der Waals surface area contributed by atoms with E-state index in [1.165, 1.54) is 0 Å². The van der Waals surface area contributed by atoms with E-state index in [9.17, 15) is 4.79 Å². The number of fused-ring (bicyclic) bond motifs is 1. The number of hydrogen-bond acceptors (Lipinski definition) is 3. The molecular formula is C22H19N3O. The minimum atomic E-state index is 0.00501. The summed E-state index contributed by atoms with van der Waals surface area (Å²) in [4.78, 5) is 19.1. The van der Waals surface area contributed by atoms with Crippen LogP contribution in [0.15, 0.2) is 73.4 Å². The molecule has 3 rings (SSSR count). The van der Waals surface area contributed by atoms with Crippen molar-refractivity contribution >= 4 is 16.8 Å². The van der Waals surface area contributed by atoms with Crippen molar-refractivity contribution in [2.45, 2.75) is 13.0 Å². The lowest BCUT2D eigenvalue weighted by Gasteiger charge is -2.22. The van der Waals surface area contributed by atoms with Gasteiger partial charge in [-0.3, -0.25) is 9.78 Å². The monoisotopic (exact) mass is 341 g/mol. The zero-order valence-electron chi connectivity index (χ0n) is 14.4. The molecule has 0 aliphatic carbocycles. The van der Waals surface area contributed by atoms with E-state index in [0.717, 1.165) is 22.0 Å². The summed E-state index contributed by atoms with van der Waals surface area (Å²) < 4.78 is 0. The molecule has 1 amide bonds. The second-order valence-electron chi connectivity index (χ2n) is 6.04. The molecule has 26 heavy (non-hydrogen) atoms. The summed E-state index contributed by atoms with van der Waals surface area (Å²) in [6, 6.07) is 19.2. The molecule has 4 heteroatoms. The lowest BCUT2D eigenvalue weighted by atomic mass is 10.1. The SMILES string of the molecule is C=CCN(Cc1cccc(C#N)c1)C(=O)Cc1cccc2cccnc12. The molecule has 0 fully saturated rings. The highest BCUT2D eigenvalue weighted by Gasteiger charge is 2.15. The van der Waals surface area contributed by atoms with Crippen molar-refractivity contribution < 1.29 is 4.79 Å². The van der Waals surface area contributed by atoms with E-state index in [1.807, 2.05) is 48.5 Å². The Morgan fingerprint density at radius 2 is 2.00 bits per heavy atom. The highest BCUT2D eigenvalue weighted by Crippen LogP contribution is 2.18. The molecule has 128 valence electrons. The molecule has 4 nitrogen and oxygen atoms in total. The van der Waals surface area contributed by atoms with Crippen LogP contribution < -0.4 is 0 Å². The van der Waals surface area contributed by atoms with Crippen LogP contribution in [0.1, 0.15) is 16.7 Å². The molecular weight excluding hydrogens is 322 g/mol. The van der Waals surface area contributed by atoms with Crippen molar-refractivity contribution in [1.82, 2.24) is 9.88 Å². The van der Waals surface area contributed by atoms with Gasteiger partial charge in [-0.15, -0.1) is 6.58 Å². The molecule has 1 heterocycles. The first-order valence-electron chi connectivity index (χ1n) is 8.41. The lowest BCUT2D eigenvalue weighted by Crippen LogP contribution is -2.32. The van der Waals surface area contributed by atoms with Gasteiger partial charge in [0.05, 0.1) is 23.6 Å². The average molecular weight is 341 g/mol. The minimum Gasteiger partial charge on any atom is -0.334 e. The predicted octanol–water partition coefficient (Wildman–Crippen LogP) is 3.86. The second-order valence-corrected chi connectivity index (χ2v) is 6.04. The van der Waals surface area contributed by atoms with E-state index in [4.69, 9.17) is 5.26 Å². The van der Waals surface area contributed by atoms with Gasteiger partial charge < -0.3 is 4.90 Å². The summed E-state index contributed by atoms with van der Waals surface area (Å²) in [6.07, 6.45) is 3.73. The summed E-state index contributed by atoms with van der Waals surface area (Å²) in [7, 11) is 0. The van der Waals surface area contributed by atoms with Crippen LogP contribution in [0.25, 0.3) is 10.9 Å². The summed E-state index contributed by atoms with van der Waals surface area (Å²) in [5.74, 6) is 0.00501. The first kappa shape index (κ1) is 17.4. The van der Waals surface area contributed by atoms with Crippen LogP contribution in [-0.2, 0) is 17.8 Å². The molecule has 0 bridgehead atoms. The number of pyridine rings is 1. The maximum Gasteiger partial charge on any atom is 0.227 e. The van der Waals surface area contributed by atoms with Gasteiger partial charge in [0.25, 0.3) is 0 Å². The van der Waals surface area contributed by atoms with Crippen LogP contribution in [-0.4, -0.2) is 22.3 Å². The van der Waals surface area contributed by atoms with Crippen LogP contribution >= 0.6 is 0 Å². The quantitative estimate of drug-likeness (QED) is 0.640. The molecule has 0 saturated heterocycles. The largest absolute Gasteiger partial charge is 0.334 e. The first-order valence-corrected chi connectivity index (χ1v) is 8.41. The van der Waals surface area contributed by atoms with Gasteiger partial charge in [-0.05, 0) is 29.3 Å². The topological polar surface area (TPSA) is 57.0 Å². The molecule has 0 aliphatic heterocycles. The number of benzene rings is 2. The van der Waals surface area contributed by atoms with Crippen molar-refractivity contribution in [1.29, 1.82) is 5.26 Å². The Balaban J connectivity index is 1.82. The van der Waals surface area contributed by atoms with Crippen LogP contribution in [0.5, 0.6) is 0 Å². The summed E-state index contributed by atoms with van der Waals surface area (Å²) in [5.41, 5.74) is 3.28. The van der Waals surface area contributed by atoms with Gasteiger partial charge in [-0.25, -0.2) is 0 Å². The Bertz CT molecular complexity index is 983. The normalized spacial score (nSPS) is 10.3. The molecule has 0 radical (unpaired) electrons. The third-order valence-corrected chi connectivity index (χ3v) is 4.19. The molecule has 0 spiro atoms. The molecule has 0 atom stereocenters. The van der Waals surface area contributed by atoms with Gasteiger partial charge >= 0.3 is 0 Å². The lowest BCUT2D eigenvalue weighted by molar-refractivity contribution is -0.130. The van der Waals surface area contributed by atoms with E-state index < -0.39 is 0 Å². The number of nitriles is 1. The molecule has 0 saturated carbocycles. The van der Waals surface area contributed by atoms with Crippen LogP contribution in [0, 0.1) is 11.3 Å². The van der Waals surface area contributed by atoms with Crippen molar-refractivity contribution in [3.8, 4) is 6.07 Å². The van der Waals surface area contributed by atoms with Gasteiger partial charge in [0, 0.05) is 24.7 Å². The Hall–Kier alpha value is -3.45. The number of amides is 1. The fourth-order valence-corrected chi connectivity index (χ4v) is 2.95. The first-order chi connectivity index (χ1) is 12.7. The Labute approximate surface area is 153 Å². The van der Waals surface area contributed by atoms with Crippen molar-refractivity contribution in [2.24, 2.45) is 0 Å². The maximum absolute atomic E-state index is 12.9. The number of rotatable bonds is 6. The van der Waals surface area contributed by atoms with Crippen LogP contribution in [0.3, 0.4) is 0 Å². The van der Waals surface area contributed by atoms with Gasteiger partial charge in [-0.2, -0.15) is 5.26 Å². The molecule has 0 N–H and O–H groups in total. The fourth-order valence-electron chi connectivity index (χ4n) is 2.95. The van der Waals surface area contributed by atoms with Gasteiger partial charge in [0.1, 0.15) is 0 Å². The smallest absolute Gasteiger partial charge is 0.227 e. The summed E-state index contributed by atoms with van der Waals surface area (Å²) in [5, 5.41) is 10.1. The van der Waals surface area contributed by atoms with Crippen LogP contribution in [0.2, 0.25) is 0 Å². The maximum atomic E-state index is 12.9. The van der Waals surface area contributed by atoms with E-state index >= 15 is 0 Å². The van der Waals surface area contributed by atoms with Gasteiger partial charge in [-0.1, -0.05) is 42.5 Å². The highest BCUT2D eigenvalue weighted by molar-refractivity contribution is 5.87. The van der Waals surface area contributed by atoms with E-state index in [-0.39, 0.29) is 12.3 Å². The Morgan fingerprint density at radius 3 is 2.81 bits per heavy atom. The van der Waals surface area contributed by atoms with E-state index in [0.29, 0.717) is 18.7 Å². The number of carbonyl (C=O) groups excluding carboxylic acids is 1. The minimum absolute atomic E-state index is 0.00501. The standard InChI is InChI=1S/C22H19N3O/c1-2-12-25(16-18-7-3-6-17(13-18)15-23)21(26)14-20-9-4-8-19-10-5-11-24-22(19)20/h2-11,13H,1,12,14,16H2. The third-order valence-electron chi connectivity index (χ3n) is 4.19. The fraction of sp³-hybridized carbons (Fsp3) is 0.136. The average Bonchev–Trinajstić information content (AvgIpc) is 2.68. The number of aromatic nitrogens is 1.